The number of amides is 1. The monoisotopic (exact) mass is 386 g/mol. The molecule has 0 spiro atoms. The number of nitrogens with two attached hydrogens (primary N) is 1. The molecule has 2 aromatic carbocycles. The summed E-state index contributed by atoms with van der Waals surface area (Å²) in [7, 11) is 1.46. The summed E-state index contributed by atoms with van der Waals surface area (Å²) in [5, 5.41) is 0. The molecule has 2 N–H and O–H groups in total. The predicted molar refractivity (Wildman–Crippen MR) is 106 cm³/mol. The quantitative estimate of drug-likeness (QED) is 0.758. The largest absolute Gasteiger partial charge is 0.494 e. The van der Waals surface area contributed by atoms with Crippen LogP contribution in [0.25, 0.3) is 0 Å². The third-order valence-electron chi connectivity index (χ3n) is 5.21. The van der Waals surface area contributed by atoms with Crippen LogP contribution in [0.3, 0.4) is 0 Å². The van der Waals surface area contributed by atoms with Crippen LogP contribution in [0.1, 0.15) is 24.0 Å². The predicted octanol–water partition coefficient (Wildman–Crippen LogP) is 3.00. The van der Waals surface area contributed by atoms with E-state index >= 15 is 0 Å². The summed E-state index contributed by atoms with van der Waals surface area (Å²) in [6, 6.07) is 12.9. The number of hydrogen-bond acceptors (Lipinski definition) is 4. The van der Waals surface area contributed by atoms with Crippen LogP contribution in [0.2, 0.25) is 0 Å². The van der Waals surface area contributed by atoms with Crippen LogP contribution in [-0.4, -0.2) is 44.2 Å². The summed E-state index contributed by atoms with van der Waals surface area (Å²) >= 11 is 0. The number of rotatable bonds is 8. The van der Waals surface area contributed by atoms with Crippen molar-refractivity contribution in [1.82, 2.24) is 4.90 Å². The summed E-state index contributed by atoms with van der Waals surface area (Å²) in [6.07, 6.45) is 2.31. The van der Waals surface area contributed by atoms with Gasteiger partial charge in [0.1, 0.15) is 12.4 Å². The zero-order valence-electron chi connectivity index (χ0n) is 16.2. The van der Waals surface area contributed by atoms with E-state index in [4.69, 9.17) is 15.2 Å². The van der Waals surface area contributed by atoms with Gasteiger partial charge in [-0.05, 0) is 67.7 Å². The summed E-state index contributed by atoms with van der Waals surface area (Å²) in [5.41, 5.74) is 7.35. The lowest BCUT2D eigenvalue weighted by atomic mass is 9.96. The van der Waals surface area contributed by atoms with E-state index in [2.05, 4.69) is 4.90 Å². The Balaban J connectivity index is 1.43. The van der Waals surface area contributed by atoms with Gasteiger partial charge in [-0.2, -0.15) is 0 Å². The van der Waals surface area contributed by atoms with E-state index in [9.17, 15) is 9.18 Å². The molecule has 1 saturated heterocycles. The zero-order valence-corrected chi connectivity index (χ0v) is 16.2. The van der Waals surface area contributed by atoms with Gasteiger partial charge in [-0.25, -0.2) is 4.39 Å². The molecular weight excluding hydrogens is 359 g/mol. The van der Waals surface area contributed by atoms with Gasteiger partial charge in [0.15, 0.2) is 11.6 Å². The van der Waals surface area contributed by atoms with Crippen molar-refractivity contribution >= 4 is 5.91 Å². The van der Waals surface area contributed by atoms with E-state index < -0.39 is 0 Å². The van der Waals surface area contributed by atoms with Gasteiger partial charge in [0, 0.05) is 12.5 Å². The molecule has 1 heterocycles. The van der Waals surface area contributed by atoms with Crippen molar-refractivity contribution in [3.63, 3.8) is 0 Å². The van der Waals surface area contributed by atoms with Crippen LogP contribution < -0.4 is 15.2 Å². The second-order valence-corrected chi connectivity index (χ2v) is 7.16. The molecular formula is C22H27FN2O3. The lowest BCUT2D eigenvalue weighted by Crippen LogP contribution is -2.40. The number of benzene rings is 2. The number of carbonyl (C=O) groups is 1. The minimum Gasteiger partial charge on any atom is -0.494 e. The van der Waals surface area contributed by atoms with Crippen LogP contribution >= 0.6 is 0 Å². The first-order chi connectivity index (χ1) is 13.5. The fourth-order valence-corrected chi connectivity index (χ4v) is 3.49. The molecule has 0 unspecified atom stereocenters. The third kappa shape index (κ3) is 5.45. The summed E-state index contributed by atoms with van der Waals surface area (Å²) in [5.74, 6) is 0.556. The highest BCUT2D eigenvalue weighted by atomic mass is 19.1. The standard InChI is InChI=1S/C22H27FN2O3/c1-27-21-7-4-17(15-20(21)23)14-16-2-5-19(6-3-16)28-13-12-25-10-8-18(9-11-25)22(24)26/h2-7,15,18H,8-14H2,1H3,(H2,24,26). The number of halogens is 1. The zero-order chi connectivity index (χ0) is 19.9. The number of likely N-dealkylation sites (tertiary alicyclic amines) is 1. The van der Waals surface area contributed by atoms with Gasteiger partial charge in [0.25, 0.3) is 0 Å². The molecule has 1 fully saturated rings. The lowest BCUT2D eigenvalue weighted by Gasteiger charge is -2.30. The molecule has 0 aliphatic carbocycles. The number of carbonyl (C=O) groups excluding carboxylic acids is 1. The van der Waals surface area contributed by atoms with E-state index in [0.717, 1.165) is 49.4 Å². The van der Waals surface area contributed by atoms with Gasteiger partial charge in [-0.1, -0.05) is 18.2 Å². The first kappa shape index (κ1) is 20.1. The highest BCUT2D eigenvalue weighted by Gasteiger charge is 2.22. The second kappa shape index (κ2) is 9.55. The Morgan fingerprint density at radius 2 is 1.82 bits per heavy atom. The van der Waals surface area contributed by atoms with Crippen LogP contribution in [0.15, 0.2) is 42.5 Å². The van der Waals surface area contributed by atoms with Crippen LogP contribution in [0.4, 0.5) is 4.39 Å². The van der Waals surface area contributed by atoms with Gasteiger partial charge in [-0.15, -0.1) is 0 Å². The second-order valence-electron chi connectivity index (χ2n) is 7.16. The van der Waals surface area contributed by atoms with E-state index in [1.165, 1.54) is 13.2 Å². The maximum absolute atomic E-state index is 13.8. The van der Waals surface area contributed by atoms with Crippen molar-refractivity contribution < 1.29 is 18.7 Å². The summed E-state index contributed by atoms with van der Waals surface area (Å²) < 4.78 is 24.6. The molecule has 0 atom stereocenters. The molecule has 2 aromatic rings. The minimum atomic E-state index is -0.347. The van der Waals surface area contributed by atoms with Crippen LogP contribution in [0.5, 0.6) is 11.5 Å². The maximum atomic E-state index is 13.8. The van der Waals surface area contributed by atoms with Crippen molar-refractivity contribution in [3.8, 4) is 11.5 Å². The maximum Gasteiger partial charge on any atom is 0.220 e. The van der Waals surface area contributed by atoms with Crippen molar-refractivity contribution in [2.24, 2.45) is 11.7 Å². The molecule has 5 nitrogen and oxygen atoms in total. The number of ether oxygens (including phenoxy) is 2. The lowest BCUT2D eigenvalue weighted by molar-refractivity contribution is -0.123. The smallest absolute Gasteiger partial charge is 0.220 e. The van der Waals surface area contributed by atoms with Gasteiger partial charge in [-0.3, -0.25) is 9.69 Å². The third-order valence-corrected chi connectivity index (χ3v) is 5.21. The van der Waals surface area contributed by atoms with Gasteiger partial charge in [0.2, 0.25) is 5.91 Å². The van der Waals surface area contributed by atoms with Crippen molar-refractivity contribution in [1.29, 1.82) is 0 Å². The molecule has 6 heteroatoms. The highest BCUT2D eigenvalue weighted by molar-refractivity contribution is 5.76. The number of piperidine rings is 1. The fraction of sp³-hybridized carbons (Fsp3) is 0.409. The molecule has 1 aliphatic rings. The Kier molecular flexibility index (Phi) is 6.87. The van der Waals surface area contributed by atoms with E-state index in [0.29, 0.717) is 13.0 Å². The number of hydrogen-bond donors (Lipinski definition) is 1. The molecule has 0 bridgehead atoms. The number of methoxy groups -OCH3 is 1. The average molecular weight is 386 g/mol. The molecule has 150 valence electrons. The molecule has 0 saturated carbocycles. The fourth-order valence-electron chi connectivity index (χ4n) is 3.49. The molecule has 28 heavy (non-hydrogen) atoms. The molecule has 0 radical (unpaired) electrons. The van der Waals surface area contributed by atoms with Gasteiger partial charge in [0.05, 0.1) is 7.11 Å². The Labute approximate surface area is 165 Å². The minimum absolute atomic E-state index is 0.0175. The molecule has 1 amide bonds. The Hall–Kier alpha value is -2.60. The van der Waals surface area contributed by atoms with Crippen molar-refractivity contribution in [2.75, 3.05) is 33.4 Å². The van der Waals surface area contributed by atoms with E-state index in [1.54, 1.807) is 6.07 Å². The summed E-state index contributed by atoms with van der Waals surface area (Å²) in [6.45, 7) is 3.20. The molecule has 1 aliphatic heterocycles. The van der Waals surface area contributed by atoms with Crippen molar-refractivity contribution in [3.05, 3.63) is 59.4 Å². The molecule has 3 rings (SSSR count). The van der Waals surface area contributed by atoms with Crippen molar-refractivity contribution in [2.45, 2.75) is 19.3 Å². The Morgan fingerprint density at radius 1 is 1.14 bits per heavy atom. The first-order valence-electron chi connectivity index (χ1n) is 9.61. The SMILES string of the molecule is COc1ccc(Cc2ccc(OCCN3CCC(C(N)=O)CC3)cc2)cc1F. The van der Waals surface area contributed by atoms with E-state index in [1.807, 2.05) is 30.3 Å². The topological polar surface area (TPSA) is 64.8 Å². The summed E-state index contributed by atoms with van der Waals surface area (Å²) in [4.78, 5) is 13.5. The van der Waals surface area contributed by atoms with Crippen LogP contribution in [-0.2, 0) is 11.2 Å². The normalized spacial score (nSPS) is 15.4. The highest BCUT2D eigenvalue weighted by Crippen LogP contribution is 2.21. The van der Waals surface area contributed by atoms with Gasteiger partial charge < -0.3 is 15.2 Å². The Bertz CT molecular complexity index is 787. The Morgan fingerprint density at radius 3 is 2.43 bits per heavy atom. The van der Waals surface area contributed by atoms with Gasteiger partial charge >= 0.3 is 0 Å². The molecule has 0 aromatic heterocycles. The first-order valence-corrected chi connectivity index (χ1v) is 9.61. The number of nitrogens with zero attached hydrogens (tertiary/aromatic N) is 1. The number of primary amides is 1. The van der Waals surface area contributed by atoms with E-state index in [-0.39, 0.29) is 23.4 Å². The van der Waals surface area contributed by atoms with Crippen LogP contribution in [0, 0.1) is 11.7 Å². The average Bonchev–Trinajstić information content (AvgIpc) is 2.70.